The number of amides is 1. The van der Waals surface area contributed by atoms with E-state index in [-0.39, 0.29) is 17.7 Å². The number of nitrogens with zero attached hydrogens (tertiary/aromatic N) is 4. The van der Waals surface area contributed by atoms with Crippen LogP contribution < -0.4 is 10.5 Å². The van der Waals surface area contributed by atoms with Crippen LogP contribution >= 0.6 is 23.1 Å². The van der Waals surface area contributed by atoms with Crippen LogP contribution in [-0.2, 0) is 4.79 Å². The molecule has 1 amide bonds. The lowest BCUT2D eigenvalue weighted by Crippen LogP contribution is -2.28. The molecule has 5 rings (SSSR count). The van der Waals surface area contributed by atoms with Gasteiger partial charge in [-0.05, 0) is 40.1 Å². The van der Waals surface area contributed by atoms with Gasteiger partial charge in [0.2, 0.25) is 5.13 Å². The van der Waals surface area contributed by atoms with Crippen LogP contribution in [0.5, 0.6) is 5.75 Å². The number of fused-ring (bicyclic) bond motifs is 1. The van der Waals surface area contributed by atoms with E-state index in [4.69, 9.17) is 15.6 Å². The van der Waals surface area contributed by atoms with Gasteiger partial charge in [0.1, 0.15) is 5.75 Å². The molecule has 4 aromatic rings. The van der Waals surface area contributed by atoms with E-state index >= 15 is 0 Å². The lowest BCUT2D eigenvalue weighted by Gasteiger charge is -2.22. The number of thioether (sulfide) groups is 1. The number of methoxy groups -OCH3 is 1. The standard InChI is InChI=1S/C24H21N5O2S2/c1-31-19-10-8-16(9-11-19)21-13-20(18-7-6-15-4-2-3-5-17(15)12-18)28-29(21)22(30)14-32-24-27-26-23(25)33-24/h2-12,21H,13-14H2,1H3,(H2,25,26)/t21-/m1/s1. The van der Waals surface area contributed by atoms with Gasteiger partial charge in [-0.25, -0.2) is 5.01 Å². The van der Waals surface area contributed by atoms with E-state index in [0.717, 1.165) is 28.0 Å². The van der Waals surface area contributed by atoms with Crippen LogP contribution in [0.25, 0.3) is 10.8 Å². The fourth-order valence-corrected chi connectivity index (χ4v) is 5.33. The number of aromatic nitrogens is 2. The van der Waals surface area contributed by atoms with Gasteiger partial charge in [0, 0.05) is 6.42 Å². The molecule has 0 bridgehead atoms. The van der Waals surface area contributed by atoms with Gasteiger partial charge in [-0.3, -0.25) is 4.79 Å². The lowest BCUT2D eigenvalue weighted by atomic mass is 9.97. The van der Waals surface area contributed by atoms with Gasteiger partial charge in [0.25, 0.3) is 5.91 Å². The van der Waals surface area contributed by atoms with Crippen LogP contribution in [0.1, 0.15) is 23.6 Å². The highest BCUT2D eigenvalue weighted by atomic mass is 32.2. The summed E-state index contributed by atoms with van der Waals surface area (Å²) < 4.78 is 5.96. The second-order valence-electron chi connectivity index (χ2n) is 7.53. The quantitative estimate of drug-likeness (QED) is 0.405. The fourth-order valence-electron chi connectivity index (χ4n) is 3.84. The van der Waals surface area contributed by atoms with Gasteiger partial charge in [0.15, 0.2) is 4.34 Å². The van der Waals surface area contributed by atoms with Crippen molar-refractivity contribution >= 4 is 50.6 Å². The van der Waals surface area contributed by atoms with Gasteiger partial charge in [0.05, 0.1) is 24.6 Å². The molecule has 2 N–H and O–H groups in total. The van der Waals surface area contributed by atoms with Gasteiger partial charge in [-0.15, -0.1) is 10.2 Å². The molecule has 0 spiro atoms. The van der Waals surface area contributed by atoms with E-state index in [9.17, 15) is 4.79 Å². The Hall–Kier alpha value is -3.43. The predicted molar refractivity (Wildman–Crippen MR) is 133 cm³/mol. The van der Waals surface area contributed by atoms with Crippen molar-refractivity contribution in [2.45, 2.75) is 16.8 Å². The number of anilines is 1. The second kappa shape index (κ2) is 9.21. The van der Waals surface area contributed by atoms with Crippen molar-refractivity contribution in [1.29, 1.82) is 0 Å². The van der Waals surface area contributed by atoms with Crippen molar-refractivity contribution in [3.05, 3.63) is 77.9 Å². The molecule has 0 saturated heterocycles. The van der Waals surface area contributed by atoms with E-state index in [1.54, 1.807) is 12.1 Å². The maximum atomic E-state index is 13.2. The van der Waals surface area contributed by atoms with Crippen LogP contribution in [0, 0.1) is 0 Å². The molecule has 0 radical (unpaired) electrons. The summed E-state index contributed by atoms with van der Waals surface area (Å²) >= 11 is 2.59. The van der Waals surface area contributed by atoms with E-state index in [2.05, 4.69) is 40.5 Å². The van der Waals surface area contributed by atoms with Crippen LogP contribution in [0.4, 0.5) is 5.13 Å². The summed E-state index contributed by atoms with van der Waals surface area (Å²) in [5, 5.41) is 16.9. The highest BCUT2D eigenvalue weighted by Gasteiger charge is 2.33. The molecule has 1 aromatic heterocycles. The molecular formula is C24H21N5O2S2. The SMILES string of the molecule is COc1ccc([C@H]2CC(c3ccc4ccccc4c3)=NN2C(=O)CSc2nnc(N)s2)cc1. The fraction of sp³-hybridized carbons (Fsp3) is 0.167. The Morgan fingerprint density at radius 3 is 2.64 bits per heavy atom. The summed E-state index contributed by atoms with van der Waals surface area (Å²) in [6.45, 7) is 0. The number of nitrogens with two attached hydrogens (primary N) is 1. The first kappa shape index (κ1) is 21.4. The average molecular weight is 476 g/mol. The molecule has 33 heavy (non-hydrogen) atoms. The highest BCUT2D eigenvalue weighted by Crippen LogP contribution is 2.35. The minimum atomic E-state index is -0.190. The van der Waals surface area contributed by atoms with Crippen molar-refractivity contribution in [2.75, 3.05) is 18.6 Å². The zero-order chi connectivity index (χ0) is 22.8. The normalized spacial score (nSPS) is 15.6. The Balaban J connectivity index is 1.44. The van der Waals surface area contributed by atoms with Gasteiger partial charge in [-0.1, -0.05) is 71.6 Å². The first-order valence-electron chi connectivity index (χ1n) is 10.3. The lowest BCUT2D eigenvalue weighted by molar-refractivity contribution is -0.130. The molecule has 0 aliphatic carbocycles. The number of hydrogen-bond donors (Lipinski definition) is 1. The summed E-state index contributed by atoms with van der Waals surface area (Å²) in [6.07, 6.45) is 0.632. The molecule has 0 unspecified atom stereocenters. The molecule has 9 heteroatoms. The number of hydrogen-bond acceptors (Lipinski definition) is 8. The third kappa shape index (κ3) is 4.55. The molecule has 166 valence electrons. The molecule has 1 aliphatic rings. The molecular weight excluding hydrogens is 454 g/mol. The number of ether oxygens (including phenoxy) is 1. The molecule has 0 saturated carbocycles. The number of carbonyl (C=O) groups is 1. The zero-order valence-electron chi connectivity index (χ0n) is 17.8. The Labute approximate surface area is 199 Å². The van der Waals surface area contributed by atoms with E-state index in [0.29, 0.717) is 15.9 Å². The summed E-state index contributed by atoms with van der Waals surface area (Å²) in [7, 11) is 1.64. The monoisotopic (exact) mass is 475 g/mol. The predicted octanol–water partition coefficient (Wildman–Crippen LogP) is 4.75. The first-order valence-corrected chi connectivity index (χ1v) is 12.2. The number of rotatable bonds is 6. The topological polar surface area (TPSA) is 93.7 Å². The van der Waals surface area contributed by atoms with Crippen molar-refractivity contribution in [1.82, 2.24) is 15.2 Å². The van der Waals surface area contributed by atoms with Crippen molar-refractivity contribution in [3.8, 4) is 5.75 Å². The number of hydrazone groups is 1. The summed E-state index contributed by atoms with van der Waals surface area (Å²) in [6, 6.07) is 22.1. The van der Waals surface area contributed by atoms with Crippen LogP contribution in [0.2, 0.25) is 0 Å². The minimum absolute atomic E-state index is 0.0922. The van der Waals surface area contributed by atoms with E-state index < -0.39 is 0 Å². The Morgan fingerprint density at radius 2 is 1.91 bits per heavy atom. The molecule has 1 atom stereocenters. The molecule has 1 aliphatic heterocycles. The molecule has 2 heterocycles. The smallest absolute Gasteiger partial charge is 0.253 e. The van der Waals surface area contributed by atoms with Crippen molar-refractivity contribution in [3.63, 3.8) is 0 Å². The Morgan fingerprint density at radius 1 is 1.12 bits per heavy atom. The first-order chi connectivity index (χ1) is 16.1. The number of benzene rings is 3. The summed E-state index contributed by atoms with van der Waals surface area (Å²) in [5.41, 5.74) is 8.57. The average Bonchev–Trinajstić information content (AvgIpc) is 3.49. The van der Waals surface area contributed by atoms with Gasteiger partial charge >= 0.3 is 0 Å². The number of carbonyl (C=O) groups excluding carboxylic acids is 1. The Bertz CT molecular complexity index is 1340. The third-order valence-electron chi connectivity index (χ3n) is 5.49. The third-order valence-corrected chi connectivity index (χ3v) is 7.36. The summed E-state index contributed by atoms with van der Waals surface area (Å²) in [5.74, 6) is 0.885. The minimum Gasteiger partial charge on any atom is -0.497 e. The maximum Gasteiger partial charge on any atom is 0.253 e. The van der Waals surface area contributed by atoms with Crippen LogP contribution in [0.3, 0.4) is 0 Å². The zero-order valence-corrected chi connectivity index (χ0v) is 19.5. The second-order valence-corrected chi connectivity index (χ2v) is 9.77. The Kier molecular flexibility index (Phi) is 5.97. The number of nitrogen functional groups attached to an aromatic ring is 1. The molecule has 7 nitrogen and oxygen atoms in total. The van der Waals surface area contributed by atoms with Gasteiger partial charge in [-0.2, -0.15) is 5.10 Å². The van der Waals surface area contributed by atoms with Crippen molar-refractivity contribution < 1.29 is 9.53 Å². The van der Waals surface area contributed by atoms with Crippen LogP contribution in [-0.4, -0.2) is 39.7 Å². The van der Waals surface area contributed by atoms with Gasteiger partial charge < -0.3 is 10.5 Å². The maximum absolute atomic E-state index is 13.2. The largest absolute Gasteiger partial charge is 0.497 e. The van der Waals surface area contributed by atoms with Crippen molar-refractivity contribution in [2.24, 2.45) is 5.10 Å². The van der Waals surface area contributed by atoms with E-state index in [1.807, 2.05) is 36.4 Å². The highest BCUT2D eigenvalue weighted by molar-refractivity contribution is 8.01. The molecule has 3 aromatic carbocycles. The summed E-state index contributed by atoms with van der Waals surface area (Å²) in [4.78, 5) is 13.2. The molecule has 0 fully saturated rings. The van der Waals surface area contributed by atoms with Crippen LogP contribution in [0.15, 0.2) is 76.2 Å². The van der Waals surface area contributed by atoms with E-state index in [1.165, 1.54) is 28.5 Å².